The molecule has 1 amide bonds. The number of hydrogen-bond donors (Lipinski definition) is 2. The van der Waals surface area contributed by atoms with Crippen LogP contribution in [0.25, 0.3) is 0 Å². The quantitative estimate of drug-likeness (QED) is 0.377. The van der Waals surface area contributed by atoms with Crippen molar-refractivity contribution in [3.8, 4) is 5.75 Å². The summed E-state index contributed by atoms with van der Waals surface area (Å²) in [5.74, 6) is 0.500. The van der Waals surface area contributed by atoms with Gasteiger partial charge in [0.25, 0.3) is 5.91 Å². The molecule has 0 fully saturated rings. The van der Waals surface area contributed by atoms with Crippen LogP contribution in [-0.4, -0.2) is 19.1 Å². The Bertz CT molecular complexity index is 976. The minimum Gasteiger partial charge on any atom is -0.483 e. The maximum Gasteiger partial charge on any atom is 0.262 e. The molecular formula is C24H24BrClN2O2. The van der Waals surface area contributed by atoms with Crippen LogP contribution in [-0.2, 0) is 17.8 Å². The Morgan fingerprint density at radius 1 is 1.03 bits per heavy atom. The SMILES string of the molecule is Cc1ccc(NC(=O)COc2ccc(Br)cc2CNCCc2ccc(Cl)cc2)cc1. The first-order chi connectivity index (χ1) is 14.5. The van der Waals surface area contributed by atoms with Crippen LogP contribution < -0.4 is 15.4 Å². The Kier molecular flexibility index (Phi) is 8.31. The third-order valence-corrected chi connectivity index (χ3v) is 5.28. The molecule has 0 bridgehead atoms. The fourth-order valence-corrected chi connectivity index (χ4v) is 3.45. The van der Waals surface area contributed by atoms with Crippen molar-refractivity contribution >= 4 is 39.1 Å². The lowest BCUT2D eigenvalue weighted by Crippen LogP contribution is -2.21. The molecule has 30 heavy (non-hydrogen) atoms. The van der Waals surface area contributed by atoms with Crippen molar-refractivity contribution in [2.45, 2.75) is 19.9 Å². The zero-order chi connectivity index (χ0) is 21.3. The number of ether oxygens (including phenoxy) is 1. The molecular weight excluding hydrogens is 464 g/mol. The third-order valence-electron chi connectivity index (χ3n) is 4.54. The molecule has 0 aliphatic rings. The number of nitrogens with one attached hydrogen (secondary N) is 2. The standard InChI is InChI=1S/C24H24BrClN2O2/c1-17-2-9-22(10-3-17)28-24(29)16-30-23-11-6-20(25)14-19(23)15-27-13-12-18-4-7-21(26)8-5-18/h2-11,14,27H,12-13,15-16H2,1H3,(H,28,29). The average Bonchev–Trinajstić information content (AvgIpc) is 2.73. The summed E-state index contributed by atoms with van der Waals surface area (Å²) in [4.78, 5) is 12.2. The molecule has 3 rings (SSSR count). The zero-order valence-electron chi connectivity index (χ0n) is 16.8. The molecule has 0 unspecified atom stereocenters. The van der Waals surface area contributed by atoms with Gasteiger partial charge < -0.3 is 15.4 Å². The van der Waals surface area contributed by atoms with E-state index in [4.69, 9.17) is 16.3 Å². The molecule has 0 saturated heterocycles. The van der Waals surface area contributed by atoms with Gasteiger partial charge in [-0.1, -0.05) is 57.4 Å². The second-order valence-electron chi connectivity index (χ2n) is 7.01. The summed E-state index contributed by atoms with van der Waals surface area (Å²) >= 11 is 9.43. The molecule has 0 spiro atoms. The average molecular weight is 488 g/mol. The van der Waals surface area contributed by atoms with Crippen LogP contribution in [0.3, 0.4) is 0 Å². The largest absolute Gasteiger partial charge is 0.483 e. The second-order valence-corrected chi connectivity index (χ2v) is 8.36. The summed E-state index contributed by atoms with van der Waals surface area (Å²) in [6, 6.07) is 21.3. The third kappa shape index (κ3) is 7.17. The summed E-state index contributed by atoms with van der Waals surface area (Å²) in [5.41, 5.74) is 4.12. The highest BCUT2D eigenvalue weighted by molar-refractivity contribution is 9.10. The molecule has 3 aromatic rings. The van der Waals surface area contributed by atoms with E-state index in [1.165, 1.54) is 5.56 Å². The first-order valence-electron chi connectivity index (χ1n) is 9.72. The van der Waals surface area contributed by atoms with Gasteiger partial charge in [-0.05, 0) is 67.9 Å². The van der Waals surface area contributed by atoms with Gasteiger partial charge in [-0.2, -0.15) is 0 Å². The highest BCUT2D eigenvalue weighted by Crippen LogP contribution is 2.23. The lowest BCUT2D eigenvalue weighted by molar-refractivity contribution is -0.118. The normalized spacial score (nSPS) is 10.6. The predicted octanol–water partition coefficient (Wildman–Crippen LogP) is 5.76. The number of carbonyl (C=O) groups is 1. The highest BCUT2D eigenvalue weighted by Gasteiger charge is 2.08. The van der Waals surface area contributed by atoms with Crippen molar-refractivity contribution in [3.63, 3.8) is 0 Å². The highest BCUT2D eigenvalue weighted by atomic mass is 79.9. The Balaban J connectivity index is 1.50. The lowest BCUT2D eigenvalue weighted by Gasteiger charge is -2.13. The molecule has 6 heteroatoms. The monoisotopic (exact) mass is 486 g/mol. The number of hydrogen-bond acceptors (Lipinski definition) is 3. The van der Waals surface area contributed by atoms with Crippen LogP contribution in [0.15, 0.2) is 71.2 Å². The summed E-state index contributed by atoms with van der Waals surface area (Å²) < 4.78 is 6.76. The first-order valence-corrected chi connectivity index (χ1v) is 10.9. The number of rotatable bonds is 9. The van der Waals surface area contributed by atoms with Crippen molar-refractivity contribution in [1.29, 1.82) is 0 Å². The molecule has 0 radical (unpaired) electrons. The van der Waals surface area contributed by atoms with Gasteiger partial charge in [0.15, 0.2) is 6.61 Å². The van der Waals surface area contributed by atoms with Gasteiger partial charge in [-0.15, -0.1) is 0 Å². The molecule has 2 N–H and O–H groups in total. The molecule has 0 atom stereocenters. The fourth-order valence-electron chi connectivity index (χ4n) is 2.91. The molecule has 0 aromatic heterocycles. The summed E-state index contributed by atoms with van der Waals surface area (Å²) in [6.07, 6.45) is 0.903. The maximum absolute atomic E-state index is 12.2. The molecule has 4 nitrogen and oxygen atoms in total. The molecule has 0 aliphatic heterocycles. The number of carbonyl (C=O) groups excluding carboxylic acids is 1. The Morgan fingerprint density at radius 2 is 1.77 bits per heavy atom. The smallest absolute Gasteiger partial charge is 0.262 e. The van der Waals surface area contributed by atoms with Crippen molar-refractivity contribution < 1.29 is 9.53 Å². The van der Waals surface area contributed by atoms with Crippen LogP contribution in [0, 0.1) is 6.92 Å². The minimum atomic E-state index is -0.191. The van der Waals surface area contributed by atoms with E-state index in [1.807, 2.05) is 73.7 Å². The van der Waals surface area contributed by atoms with Gasteiger partial charge in [-0.25, -0.2) is 0 Å². The van der Waals surface area contributed by atoms with E-state index in [0.29, 0.717) is 12.3 Å². The van der Waals surface area contributed by atoms with Gasteiger partial charge >= 0.3 is 0 Å². The number of benzene rings is 3. The first kappa shape index (κ1) is 22.3. The number of amides is 1. The number of halogens is 2. The number of anilines is 1. The van der Waals surface area contributed by atoms with E-state index in [9.17, 15) is 4.79 Å². The second kappa shape index (κ2) is 11.2. The lowest BCUT2D eigenvalue weighted by atomic mass is 10.1. The van der Waals surface area contributed by atoms with Crippen molar-refractivity contribution in [2.75, 3.05) is 18.5 Å². The van der Waals surface area contributed by atoms with Gasteiger partial charge in [0, 0.05) is 27.3 Å². The van der Waals surface area contributed by atoms with E-state index in [2.05, 4.69) is 26.6 Å². The van der Waals surface area contributed by atoms with Gasteiger partial charge in [-0.3, -0.25) is 4.79 Å². The van der Waals surface area contributed by atoms with Gasteiger partial charge in [0.2, 0.25) is 0 Å². The number of aryl methyl sites for hydroxylation is 1. The zero-order valence-corrected chi connectivity index (χ0v) is 19.1. The van der Waals surface area contributed by atoms with Crippen LogP contribution in [0.4, 0.5) is 5.69 Å². The van der Waals surface area contributed by atoms with E-state index >= 15 is 0 Å². The Labute approximate surface area is 190 Å². The van der Waals surface area contributed by atoms with E-state index in [0.717, 1.165) is 39.3 Å². The topological polar surface area (TPSA) is 50.4 Å². The van der Waals surface area contributed by atoms with Crippen LogP contribution in [0.2, 0.25) is 5.02 Å². The van der Waals surface area contributed by atoms with Crippen molar-refractivity contribution in [2.24, 2.45) is 0 Å². The van der Waals surface area contributed by atoms with Crippen LogP contribution in [0.5, 0.6) is 5.75 Å². The Morgan fingerprint density at radius 3 is 2.50 bits per heavy atom. The van der Waals surface area contributed by atoms with Crippen LogP contribution >= 0.6 is 27.5 Å². The summed E-state index contributed by atoms with van der Waals surface area (Å²) in [5, 5.41) is 7.02. The summed E-state index contributed by atoms with van der Waals surface area (Å²) in [7, 11) is 0. The molecule has 0 heterocycles. The van der Waals surface area contributed by atoms with E-state index in [1.54, 1.807) is 0 Å². The Hall–Kier alpha value is -2.34. The maximum atomic E-state index is 12.2. The van der Waals surface area contributed by atoms with Crippen LogP contribution in [0.1, 0.15) is 16.7 Å². The van der Waals surface area contributed by atoms with Gasteiger partial charge in [0.05, 0.1) is 0 Å². The fraction of sp³-hybridized carbons (Fsp3) is 0.208. The van der Waals surface area contributed by atoms with Crippen molar-refractivity contribution in [3.05, 3.63) is 92.9 Å². The van der Waals surface area contributed by atoms with E-state index < -0.39 is 0 Å². The molecule has 0 saturated carbocycles. The predicted molar refractivity (Wildman–Crippen MR) is 126 cm³/mol. The van der Waals surface area contributed by atoms with Crippen molar-refractivity contribution in [1.82, 2.24) is 5.32 Å². The summed E-state index contributed by atoms with van der Waals surface area (Å²) in [6.45, 7) is 3.42. The van der Waals surface area contributed by atoms with E-state index in [-0.39, 0.29) is 12.5 Å². The molecule has 3 aromatic carbocycles. The molecule has 0 aliphatic carbocycles. The molecule has 156 valence electrons. The minimum absolute atomic E-state index is 0.0483. The van der Waals surface area contributed by atoms with Gasteiger partial charge in [0.1, 0.15) is 5.75 Å².